The van der Waals surface area contributed by atoms with Crippen LogP contribution in [0.5, 0.6) is 0 Å². The molecule has 0 saturated heterocycles. The first-order valence-electron chi connectivity index (χ1n) is 6.69. The van der Waals surface area contributed by atoms with Gasteiger partial charge in [-0.05, 0) is 12.5 Å². The lowest BCUT2D eigenvalue weighted by atomic mass is 9.94. The number of rotatable bonds is 8. The molecule has 0 aliphatic rings. The van der Waals surface area contributed by atoms with Gasteiger partial charge >= 0.3 is 0 Å². The van der Waals surface area contributed by atoms with Gasteiger partial charge in [0.15, 0.2) is 0 Å². The molecular weight excluding hydrogens is 276 g/mol. The van der Waals surface area contributed by atoms with E-state index in [-0.39, 0.29) is 24.4 Å². The number of ether oxygens (including phenoxy) is 1. The van der Waals surface area contributed by atoms with Crippen LogP contribution in [0.2, 0.25) is 0 Å². The molecule has 1 aromatic rings. The summed E-state index contributed by atoms with van der Waals surface area (Å²) < 4.78 is 4.91. The Morgan fingerprint density at radius 3 is 2.50 bits per heavy atom. The predicted molar refractivity (Wildman–Crippen MR) is 84.5 cm³/mol. The van der Waals surface area contributed by atoms with E-state index in [9.17, 15) is 4.79 Å². The van der Waals surface area contributed by atoms with Crippen LogP contribution >= 0.6 is 12.4 Å². The van der Waals surface area contributed by atoms with Gasteiger partial charge in [0, 0.05) is 25.6 Å². The molecule has 0 spiro atoms. The number of carbonyl (C=O) groups excluding carboxylic acids is 1. The van der Waals surface area contributed by atoms with Crippen LogP contribution in [-0.4, -0.2) is 38.8 Å². The van der Waals surface area contributed by atoms with E-state index in [1.807, 2.05) is 25.1 Å². The summed E-state index contributed by atoms with van der Waals surface area (Å²) >= 11 is 0. The van der Waals surface area contributed by atoms with Crippen molar-refractivity contribution in [1.29, 1.82) is 0 Å². The summed E-state index contributed by atoms with van der Waals surface area (Å²) in [4.78, 5) is 11.7. The largest absolute Gasteiger partial charge is 0.383 e. The zero-order valence-corrected chi connectivity index (χ0v) is 13.2. The number of hydrogen-bond acceptors (Lipinski definition) is 3. The van der Waals surface area contributed by atoms with E-state index in [1.165, 1.54) is 5.56 Å². The van der Waals surface area contributed by atoms with Gasteiger partial charge in [0.25, 0.3) is 0 Å². The summed E-state index contributed by atoms with van der Waals surface area (Å²) in [7, 11) is 1.64. The highest BCUT2D eigenvalue weighted by Gasteiger charge is 2.15. The van der Waals surface area contributed by atoms with Crippen molar-refractivity contribution in [2.75, 3.05) is 26.8 Å². The molecule has 0 fully saturated rings. The second kappa shape index (κ2) is 10.7. The van der Waals surface area contributed by atoms with Gasteiger partial charge in [-0.25, -0.2) is 0 Å². The Kier molecular flexibility index (Phi) is 10.1. The van der Waals surface area contributed by atoms with Crippen molar-refractivity contribution in [3.63, 3.8) is 0 Å². The van der Waals surface area contributed by atoms with Gasteiger partial charge < -0.3 is 15.4 Å². The summed E-state index contributed by atoms with van der Waals surface area (Å²) in [6, 6.07) is 10.3. The Morgan fingerprint density at radius 2 is 1.90 bits per heavy atom. The fraction of sp³-hybridized carbons (Fsp3) is 0.533. The number of hydrogen-bond donors (Lipinski definition) is 2. The normalized spacial score (nSPS) is 13.2. The van der Waals surface area contributed by atoms with E-state index in [2.05, 4.69) is 29.7 Å². The third-order valence-corrected chi connectivity index (χ3v) is 3.23. The van der Waals surface area contributed by atoms with Crippen molar-refractivity contribution in [3.05, 3.63) is 35.9 Å². The SMILES string of the molecule is COCCNCC(=O)NC(C)C(C)c1ccccc1.Cl. The van der Waals surface area contributed by atoms with E-state index in [1.54, 1.807) is 7.11 Å². The Labute approximate surface area is 127 Å². The first-order chi connectivity index (χ1) is 9.15. The average Bonchev–Trinajstić information content (AvgIpc) is 2.43. The highest BCUT2D eigenvalue weighted by Crippen LogP contribution is 2.18. The second-order valence-electron chi connectivity index (χ2n) is 4.73. The second-order valence-corrected chi connectivity index (χ2v) is 4.73. The lowest BCUT2D eigenvalue weighted by Crippen LogP contribution is -2.41. The number of methoxy groups -OCH3 is 1. The molecule has 0 aliphatic carbocycles. The number of carbonyl (C=O) groups is 1. The van der Waals surface area contributed by atoms with Crippen molar-refractivity contribution in [2.45, 2.75) is 25.8 Å². The molecule has 1 rings (SSSR count). The Morgan fingerprint density at radius 1 is 1.25 bits per heavy atom. The van der Waals surface area contributed by atoms with E-state index >= 15 is 0 Å². The highest BCUT2D eigenvalue weighted by atomic mass is 35.5. The smallest absolute Gasteiger partial charge is 0.234 e. The maximum Gasteiger partial charge on any atom is 0.234 e. The van der Waals surface area contributed by atoms with Gasteiger partial charge in [-0.15, -0.1) is 12.4 Å². The topological polar surface area (TPSA) is 50.4 Å². The fourth-order valence-electron chi connectivity index (χ4n) is 1.85. The fourth-order valence-corrected chi connectivity index (χ4v) is 1.85. The molecule has 0 bridgehead atoms. The van der Waals surface area contributed by atoms with Gasteiger partial charge in [-0.1, -0.05) is 37.3 Å². The van der Waals surface area contributed by atoms with Crippen molar-refractivity contribution >= 4 is 18.3 Å². The molecule has 2 atom stereocenters. The van der Waals surface area contributed by atoms with Crippen LogP contribution in [0.15, 0.2) is 30.3 Å². The van der Waals surface area contributed by atoms with E-state index in [4.69, 9.17) is 4.74 Å². The van der Waals surface area contributed by atoms with Crippen molar-refractivity contribution in [3.8, 4) is 0 Å². The molecule has 5 heteroatoms. The third kappa shape index (κ3) is 6.89. The predicted octanol–water partition coefficient (Wildman–Crippen LogP) is 1.95. The van der Waals surface area contributed by atoms with Crippen LogP contribution in [0.25, 0.3) is 0 Å². The minimum atomic E-state index is 0. The first-order valence-corrected chi connectivity index (χ1v) is 6.69. The lowest BCUT2D eigenvalue weighted by Gasteiger charge is -2.21. The Hall–Kier alpha value is -1.10. The van der Waals surface area contributed by atoms with Gasteiger partial charge in [-0.3, -0.25) is 4.79 Å². The van der Waals surface area contributed by atoms with Crippen LogP contribution in [-0.2, 0) is 9.53 Å². The summed E-state index contributed by atoms with van der Waals surface area (Å²) in [5, 5.41) is 6.05. The van der Waals surface area contributed by atoms with Crippen LogP contribution in [0, 0.1) is 0 Å². The quantitative estimate of drug-likeness (QED) is 0.722. The monoisotopic (exact) mass is 300 g/mol. The molecule has 2 unspecified atom stereocenters. The molecule has 4 nitrogen and oxygen atoms in total. The zero-order valence-electron chi connectivity index (χ0n) is 12.4. The van der Waals surface area contributed by atoms with E-state index in [0.29, 0.717) is 25.6 Å². The highest BCUT2D eigenvalue weighted by molar-refractivity contribution is 5.85. The number of amides is 1. The maximum atomic E-state index is 11.7. The van der Waals surface area contributed by atoms with E-state index < -0.39 is 0 Å². The average molecular weight is 301 g/mol. The van der Waals surface area contributed by atoms with Crippen molar-refractivity contribution in [1.82, 2.24) is 10.6 Å². The van der Waals surface area contributed by atoms with Crippen molar-refractivity contribution < 1.29 is 9.53 Å². The number of nitrogens with one attached hydrogen (secondary N) is 2. The summed E-state index contributed by atoms with van der Waals surface area (Å²) in [6.07, 6.45) is 0. The van der Waals surface area contributed by atoms with E-state index in [0.717, 1.165) is 0 Å². The summed E-state index contributed by atoms with van der Waals surface area (Å²) in [6.45, 7) is 5.79. The van der Waals surface area contributed by atoms with Gasteiger partial charge in [0.2, 0.25) is 5.91 Å². The minimum absolute atomic E-state index is 0. The zero-order chi connectivity index (χ0) is 14.1. The first kappa shape index (κ1) is 18.9. The van der Waals surface area contributed by atoms with Crippen LogP contribution in [0.4, 0.5) is 0 Å². The molecule has 20 heavy (non-hydrogen) atoms. The standard InChI is InChI=1S/C15H24N2O2.ClH/c1-12(14-7-5-4-6-8-14)13(2)17-15(18)11-16-9-10-19-3;/h4-8,12-13,16H,9-11H2,1-3H3,(H,17,18);1H. The third-order valence-electron chi connectivity index (χ3n) is 3.23. The molecule has 0 heterocycles. The molecule has 1 aromatic carbocycles. The Balaban J connectivity index is 0.00000361. The molecule has 0 saturated carbocycles. The van der Waals surface area contributed by atoms with Crippen LogP contribution in [0.3, 0.4) is 0 Å². The number of benzene rings is 1. The maximum absolute atomic E-state index is 11.7. The van der Waals surface area contributed by atoms with Crippen molar-refractivity contribution in [2.24, 2.45) is 0 Å². The molecule has 114 valence electrons. The molecule has 0 radical (unpaired) electrons. The minimum Gasteiger partial charge on any atom is -0.383 e. The molecule has 1 amide bonds. The molecule has 0 aromatic heterocycles. The number of halogens is 1. The lowest BCUT2D eigenvalue weighted by molar-refractivity contribution is -0.121. The summed E-state index contributed by atoms with van der Waals surface area (Å²) in [5.41, 5.74) is 1.24. The molecular formula is C15H25ClN2O2. The van der Waals surface area contributed by atoms with Crippen LogP contribution < -0.4 is 10.6 Å². The van der Waals surface area contributed by atoms with Crippen LogP contribution in [0.1, 0.15) is 25.3 Å². The molecule has 0 aliphatic heterocycles. The van der Waals surface area contributed by atoms with Gasteiger partial charge in [-0.2, -0.15) is 0 Å². The Bertz CT molecular complexity index is 373. The van der Waals surface area contributed by atoms with Gasteiger partial charge in [0.05, 0.1) is 13.2 Å². The summed E-state index contributed by atoms with van der Waals surface area (Å²) in [5.74, 6) is 0.315. The van der Waals surface area contributed by atoms with Gasteiger partial charge in [0.1, 0.15) is 0 Å². The molecule has 2 N–H and O–H groups in total.